The molecule has 3 aromatic rings. The second kappa shape index (κ2) is 4.11. The van der Waals surface area contributed by atoms with Gasteiger partial charge in [0.15, 0.2) is 17.3 Å². The molecular formula is C16H8N2O4. The van der Waals surface area contributed by atoms with Crippen LogP contribution in [0.25, 0.3) is 10.9 Å². The average molecular weight is 292 g/mol. The van der Waals surface area contributed by atoms with Gasteiger partial charge in [-0.2, -0.15) is 5.10 Å². The van der Waals surface area contributed by atoms with Gasteiger partial charge in [0.2, 0.25) is 0 Å². The normalized spacial score (nSPS) is 13.1. The van der Waals surface area contributed by atoms with E-state index in [4.69, 9.17) is 5.11 Å². The van der Waals surface area contributed by atoms with Crippen molar-refractivity contribution in [2.75, 3.05) is 0 Å². The number of nitrogens with zero attached hydrogens (tertiary/aromatic N) is 1. The van der Waals surface area contributed by atoms with Crippen LogP contribution >= 0.6 is 0 Å². The maximum Gasteiger partial charge on any atom is 0.354 e. The fourth-order valence-electron chi connectivity index (χ4n) is 2.82. The van der Waals surface area contributed by atoms with Crippen molar-refractivity contribution in [3.05, 3.63) is 64.3 Å². The molecule has 1 heterocycles. The van der Waals surface area contributed by atoms with Crippen molar-refractivity contribution in [3.63, 3.8) is 0 Å². The van der Waals surface area contributed by atoms with E-state index in [0.717, 1.165) is 0 Å². The quantitative estimate of drug-likeness (QED) is 0.559. The van der Waals surface area contributed by atoms with Crippen LogP contribution < -0.4 is 0 Å². The second-order valence-corrected chi connectivity index (χ2v) is 4.99. The summed E-state index contributed by atoms with van der Waals surface area (Å²) in [5.41, 5.74) is 1.19. The molecular weight excluding hydrogens is 284 g/mol. The molecule has 6 nitrogen and oxygen atoms in total. The molecule has 0 amide bonds. The summed E-state index contributed by atoms with van der Waals surface area (Å²) in [7, 11) is 0. The van der Waals surface area contributed by atoms with Crippen molar-refractivity contribution in [1.82, 2.24) is 10.2 Å². The molecule has 0 atom stereocenters. The van der Waals surface area contributed by atoms with E-state index in [9.17, 15) is 14.4 Å². The Labute approximate surface area is 123 Å². The first-order valence-electron chi connectivity index (χ1n) is 6.52. The van der Waals surface area contributed by atoms with E-state index in [2.05, 4.69) is 10.2 Å². The van der Waals surface area contributed by atoms with Gasteiger partial charge < -0.3 is 5.11 Å². The first-order chi connectivity index (χ1) is 10.6. The van der Waals surface area contributed by atoms with E-state index in [1.54, 1.807) is 24.3 Å². The Morgan fingerprint density at radius 2 is 1.64 bits per heavy atom. The molecule has 1 aromatic heterocycles. The number of H-pyrrole nitrogens is 1. The fourth-order valence-corrected chi connectivity index (χ4v) is 2.82. The highest BCUT2D eigenvalue weighted by molar-refractivity contribution is 6.32. The fraction of sp³-hybridized carbons (Fsp3) is 0. The summed E-state index contributed by atoms with van der Waals surface area (Å²) >= 11 is 0. The van der Waals surface area contributed by atoms with Gasteiger partial charge in [0.25, 0.3) is 0 Å². The molecule has 2 N–H and O–H groups in total. The number of fused-ring (bicyclic) bond motifs is 4. The second-order valence-electron chi connectivity index (χ2n) is 4.99. The molecule has 0 spiro atoms. The number of carbonyl (C=O) groups is 3. The number of carbonyl (C=O) groups excluding carboxylic acids is 2. The predicted octanol–water partition coefficient (Wildman–Crippen LogP) is 2.04. The van der Waals surface area contributed by atoms with Crippen LogP contribution in [0.1, 0.15) is 42.3 Å². The molecule has 0 fully saturated rings. The molecule has 1 aliphatic rings. The minimum atomic E-state index is -1.17. The van der Waals surface area contributed by atoms with E-state index >= 15 is 0 Å². The van der Waals surface area contributed by atoms with Gasteiger partial charge in [-0.05, 0) is 12.1 Å². The lowest BCUT2D eigenvalue weighted by molar-refractivity contribution is 0.0692. The molecule has 0 unspecified atom stereocenters. The minimum Gasteiger partial charge on any atom is -0.477 e. The first-order valence-corrected chi connectivity index (χ1v) is 6.52. The summed E-state index contributed by atoms with van der Waals surface area (Å²) < 4.78 is 0. The van der Waals surface area contributed by atoms with Crippen LogP contribution in [0.3, 0.4) is 0 Å². The third kappa shape index (κ3) is 1.43. The maximum absolute atomic E-state index is 12.7. The van der Waals surface area contributed by atoms with Gasteiger partial charge in [-0.25, -0.2) is 4.79 Å². The standard InChI is InChI=1S/C16H8N2O4/c19-14-7-3-1-2-4-8(7)15(20)11-9(14)5-6-10-12(11)17-18-13(10)16(21)22/h1-6H,(H,17,18)(H,21,22). The number of carboxylic acids is 1. The van der Waals surface area contributed by atoms with E-state index in [0.29, 0.717) is 16.5 Å². The summed E-state index contributed by atoms with van der Waals surface area (Å²) in [6.45, 7) is 0. The SMILES string of the molecule is O=C1c2ccccc2C(=O)c2c1ccc1c(C(=O)O)[nH]nc21. The topological polar surface area (TPSA) is 100 Å². The molecule has 4 rings (SSSR count). The Balaban J connectivity index is 2.09. The Morgan fingerprint density at radius 1 is 0.955 bits per heavy atom. The number of hydrogen-bond acceptors (Lipinski definition) is 4. The van der Waals surface area contributed by atoms with Crippen molar-refractivity contribution >= 4 is 28.4 Å². The molecule has 0 aliphatic heterocycles. The number of hydrogen-bond donors (Lipinski definition) is 2. The number of aromatic carboxylic acids is 1. The van der Waals surface area contributed by atoms with Crippen LogP contribution in [-0.4, -0.2) is 32.8 Å². The molecule has 2 aromatic carbocycles. The highest BCUT2D eigenvalue weighted by Crippen LogP contribution is 2.32. The molecule has 0 saturated carbocycles. The minimum absolute atomic E-state index is 0.100. The van der Waals surface area contributed by atoms with E-state index < -0.39 is 5.97 Å². The van der Waals surface area contributed by atoms with Crippen LogP contribution in [0.2, 0.25) is 0 Å². The lowest BCUT2D eigenvalue weighted by Gasteiger charge is -2.17. The zero-order chi connectivity index (χ0) is 15.4. The number of rotatable bonds is 1. The smallest absolute Gasteiger partial charge is 0.354 e. The van der Waals surface area contributed by atoms with Crippen LogP contribution in [0, 0.1) is 0 Å². The number of benzene rings is 2. The third-order valence-electron chi connectivity index (χ3n) is 3.83. The predicted molar refractivity (Wildman–Crippen MR) is 76.4 cm³/mol. The van der Waals surface area contributed by atoms with Crippen molar-refractivity contribution in [3.8, 4) is 0 Å². The van der Waals surface area contributed by atoms with Gasteiger partial charge in [0, 0.05) is 22.1 Å². The van der Waals surface area contributed by atoms with Crippen molar-refractivity contribution in [2.45, 2.75) is 0 Å². The number of aromatic amines is 1. The number of nitrogens with one attached hydrogen (secondary N) is 1. The van der Waals surface area contributed by atoms with E-state index in [-0.39, 0.29) is 33.9 Å². The number of aromatic nitrogens is 2. The van der Waals surface area contributed by atoms with Gasteiger partial charge >= 0.3 is 5.97 Å². The van der Waals surface area contributed by atoms with Gasteiger partial charge in [-0.1, -0.05) is 24.3 Å². The highest BCUT2D eigenvalue weighted by atomic mass is 16.4. The molecule has 106 valence electrons. The van der Waals surface area contributed by atoms with Gasteiger partial charge in [-0.15, -0.1) is 0 Å². The van der Waals surface area contributed by atoms with Gasteiger partial charge in [-0.3, -0.25) is 14.7 Å². The summed E-state index contributed by atoms with van der Waals surface area (Å²) in [6.07, 6.45) is 0. The number of carboxylic acid groups (broad SMARTS) is 1. The first kappa shape index (κ1) is 12.5. The number of ketones is 2. The zero-order valence-corrected chi connectivity index (χ0v) is 11.1. The van der Waals surface area contributed by atoms with Crippen LogP contribution in [0.5, 0.6) is 0 Å². The van der Waals surface area contributed by atoms with Crippen molar-refractivity contribution in [1.29, 1.82) is 0 Å². The van der Waals surface area contributed by atoms with Crippen molar-refractivity contribution < 1.29 is 19.5 Å². The molecule has 0 saturated heterocycles. The monoisotopic (exact) mass is 292 g/mol. The van der Waals surface area contributed by atoms with Crippen LogP contribution in [0.15, 0.2) is 36.4 Å². The lowest BCUT2D eigenvalue weighted by Crippen LogP contribution is -2.21. The Hall–Kier alpha value is -3.28. The Bertz CT molecular complexity index is 1000. The lowest BCUT2D eigenvalue weighted by atomic mass is 9.83. The molecule has 1 aliphatic carbocycles. The Morgan fingerprint density at radius 3 is 2.32 bits per heavy atom. The summed E-state index contributed by atoms with van der Waals surface area (Å²) in [4.78, 5) is 36.4. The van der Waals surface area contributed by atoms with Crippen LogP contribution in [0.4, 0.5) is 0 Å². The Kier molecular flexibility index (Phi) is 2.33. The van der Waals surface area contributed by atoms with Gasteiger partial charge in [0.1, 0.15) is 5.52 Å². The highest BCUT2D eigenvalue weighted by Gasteiger charge is 2.32. The van der Waals surface area contributed by atoms with Gasteiger partial charge in [0.05, 0.1) is 5.56 Å². The third-order valence-corrected chi connectivity index (χ3v) is 3.83. The summed E-state index contributed by atoms with van der Waals surface area (Å²) in [6, 6.07) is 9.56. The molecule has 6 heteroatoms. The average Bonchev–Trinajstić information content (AvgIpc) is 2.96. The zero-order valence-electron chi connectivity index (χ0n) is 11.1. The van der Waals surface area contributed by atoms with Crippen LogP contribution in [-0.2, 0) is 0 Å². The largest absolute Gasteiger partial charge is 0.477 e. The summed E-state index contributed by atoms with van der Waals surface area (Å²) in [5.74, 6) is -1.75. The summed E-state index contributed by atoms with van der Waals surface area (Å²) in [5, 5.41) is 15.8. The van der Waals surface area contributed by atoms with E-state index in [1.807, 2.05) is 0 Å². The van der Waals surface area contributed by atoms with Crippen molar-refractivity contribution in [2.24, 2.45) is 0 Å². The van der Waals surface area contributed by atoms with E-state index in [1.165, 1.54) is 12.1 Å². The molecule has 0 radical (unpaired) electrons. The molecule has 22 heavy (non-hydrogen) atoms. The maximum atomic E-state index is 12.7. The molecule has 0 bridgehead atoms.